The van der Waals surface area contributed by atoms with E-state index in [9.17, 15) is 4.79 Å². The van der Waals surface area contributed by atoms with Crippen molar-refractivity contribution in [3.63, 3.8) is 0 Å². The van der Waals surface area contributed by atoms with Gasteiger partial charge in [0.05, 0.1) is 6.61 Å². The van der Waals surface area contributed by atoms with Crippen LogP contribution < -0.4 is 0 Å². The van der Waals surface area contributed by atoms with Crippen molar-refractivity contribution in [1.82, 2.24) is 0 Å². The number of esters is 1. The summed E-state index contributed by atoms with van der Waals surface area (Å²) in [6.07, 6.45) is 12.2. The lowest BCUT2D eigenvalue weighted by Crippen LogP contribution is -2.07. The minimum atomic E-state index is -0.225. The molecule has 2 nitrogen and oxygen atoms in total. The van der Waals surface area contributed by atoms with Crippen LogP contribution in [0.5, 0.6) is 0 Å². The molecule has 0 amide bonds. The minimum Gasteiger partial charge on any atom is -0.462 e. The molecule has 0 N–H and O–H groups in total. The number of unbranched alkanes of at least 4 members (excludes halogenated alkanes) is 8. The molecule has 0 aromatic rings. The van der Waals surface area contributed by atoms with Crippen LogP contribution >= 0.6 is 0 Å². The van der Waals surface area contributed by atoms with Gasteiger partial charge >= 0.3 is 5.97 Å². The molecular formula is C16H30O2. The average Bonchev–Trinajstić information content (AvgIpc) is 2.39. The summed E-state index contributed by atoms with van der Waals surface area (Å²) in [5, 5.41) is 0. The highest BCUT2D eigenvalue weighted by Gasteiger charge is 2.04. The van der Waals surface area contributed by atoms with E-state index in [4.69, 9.17) is 4.74 Å². The molecule has 0 aliphatic carbocycles. The van der Waals surface area contributed by atoms with Gasteiger partial charge in [0, 0.05) is 5.57 Å². The molecule has 0 saturated heterocycles. The van der Waals surface area contributed by atoms with E-state index in [1.165, 1.54) is 51.4 Å². The molecule has 0 unspecified atom stereocenters. The Morgan fingerprint density at radius 2 is 1.39 bits per heavy atom. The second-order valence-corrected chi connectivity index (χ2v) is 4.92. The SMILES string of the molecule is C=C(CC)C(=O)OCCCCCCCCCCC. The molecule has 0 spiro atoms. The normalized spacial score (nSPS) is 10.3. The molecule has 0 atom stereocenters. The maximum atomic E-state index is 11.3. The predicted molar refractivity (Wildman–Crippen MR) is 77.6 cm³/mol. The van der Waals surface area contributed by atoms with Crippen LogP contribution in [0.1, 0.15) is 78.1 Å². The van der Waals surface area contributed by atoms with Crippen molar-refractivity contribution in [2.75, 3.05) is 6.61 Å². The van der Waals surface area contributed by atoms with Crippen LogP contribution in [0.4, 0.5) is 0 Å². The van der Waals surface area contributed by atoms with Gasteiger partial charge in [0.1, 0.15) is 0 Å². The van der Waals surface area contributed by atoms with Crippen molar-refractivity contribution in [3.05, 3.63) is 12.2 Å². The number of hydrogen-bond acceptors (Lipinski definition) is 2. The molecule has 0 aromatic heterocycles. The van der Waals surface area contributed by atoms with Crippen LogP contribution in [0.3, 0.4) is 0 Å². The molecule has 0 bridgehead atoms. The van der Waals surface area contributed by atoms with Crippen LogP contribution in [0.15, 0.2) is 12.2 Å². The zero-order valence-corrected chi connectivity index (χ0v) is 12.3. The Morgan fingerprint density at radius 1 is 0.889 bits per heavy atom. The largest absolute Gasteiger partial charge is 0.462 e. The Hall–Kier alpha value is -0.790. The van der Waals surface area contributed by atoms with Gasteiger partial charge in [-0.15, -0.1) is 0 Å². The van der Waals surface area contributed by atoms with E-state index in [0.717, 1.165) is 6.42 Å². The van der Waals surface area contributed by atoms with Crippen LogP contribution in [0.25, 0.3) is 0 Å². The molecule has 0 aliphatic rings. The summed E-state index contributed by atoms with van der Waals surface area (Å²) in [5.74, 6) is -0.225. The van der Waals surface area contributed by atoms with Gasteiger partial charge in [0.15, 0.2) is 0 Å². The zero-order chi connectivity index (χ0) is 13.6. The molecule has 106 valence electrons. The molecule has 0 saturated carbocycles. The number of ether oxygens (including phenoxy) is 1. The molecule has 0 heterocycles. The Morgan fingerprint density at radius 3 is 1.89 bits per heavy atom. The van der Waals surface area contributed by atoms with Crippen LogP contribution in [-0.2, 0) is 9.53 Å². The predicted octanol–water partition coefficient (Wildman–Crippen LogP) is 5.03. The first-order valence-electron chi connectivity index (χ1n) is 7.57. The summed E-state index contributed by atoms with van der Waals surface area (Å²) in [6, 6.07) is 0. The lowest BCUT2D eigenvalue weighted by Gasteiger charge is -2.05. The van der Waals surface area contributed by atoms with Crippen molar-refractivity contribution in [3.8, 4) is 0 Å². The monoisotopic (exact) mass is 254 g/mol. The summed E-state index contributed by atoms with van der Waals surface area (Å²) in [5.41, 5.74) is 0.575. The number of carbonyl (C=O) groups is 1. The maximum absolute atomic E-state index is 11.3. The van der Waals surface area contributed by atoms with E-state index < -0.39 is 0 Å². The fraction of sp³-hybridized carbons (Fsp3) is 0.812. The van der Waals surface area contributed by atoms with Crippen LogP contribution in [-0.4, -0.2) is 12.6 Å². The second-order valence-electron chi connectivity index (χ2n) is 4.92. The van der Waals surface area contributed by atoms with E-state index in [0.29, 0.717) is 18.6 Å². The number of rotatable bonds is 12. The smallest absolute Gasteiger partial charge is 0.333 e. The van der Waals surface area contributed by atoms with Crippen molar-refractivity contribution in [2.45, 2.75) is 78.1 Å². The summed E-state index contributed by atoms with van der Waals surface area (Å²) >= 11 is 0. The van der Waals surface area contributed by atoms with Crippen molar-refractivity contribution in [2.24, 2.45) is 0 Å². The number of carbonyl (C=O) groups excluding carboxylic acids is 1. The van der Waals surface area contributed by atoms with Gasteiger partial charge < -0.3 is 4.74 Å². The molecule has 2 heteroatoms. The first-order valence-corrected chi connectivity index (χ1v) is 7.57. The fourth-order valence-corrected chi connectivity index (χ4v) is 1.82. The molecule has 0 aliphatic heterocycles. The number of hydrogen-bond donors (Lipinski definition) is 0. The molecule has 0 fully saturated rings. The van der Waals surface area contributed by atoms with Crippen molar-refractivity contribution in [1.29, 1.82) is 0 Å². The zero-order valence-electron chi connectivity index (χ0n) is 12.3. The van der Waals surface area contributed by atoms with Gasteiger partial charge in [-0.3, -0.25) is 0 Å². The first-order chi connectivity index (χ1) is 8.72. The minimum absolute atomic E-state index is 0.225. The van der Waals surface area contributed by atoms with Gasteiger partial charge in [-0.1, -0.05) is 71.8 Å². The molecular weight excluding hydrogens is 224 g/mol. The molecule has 18 heavy (non-hydrogen) atoms. The van der Waals surface area contributed by atoms with Gasteiger partial charge in [0.25, 0.3) is 0 Å². The van der Waals surface area contributed by atoms with Gasteiger partial charge in [-0.25, -0.2) is 4.79 Å². The Labute approximate surface area is 113 Å². The Balaban J connectivity index is 3.16. The second kappa shape index (κ2) is 12.7. The topological polar surface area (TPSA) is 26.3 Å². The maximum Gasteiger partial charge on any atom is 0.333 e. The highest BCUT2D eigenvalue weighted by molar-refractivity contribution is 5.87. The highest BCUT2D eigenvalue weighted by Crippen LogP contribution is 2.09. The van der Waals surface area contributed by atoms with Crippen LogP contribution in [0, 0.1) is 0 Å². The molecule has 0 rings (SSSR count). The van der Waals surface area contributed by atoms with E-state index >= 15 is 0 Å². The van der Waals surface area contributed by atoms with Crippen molar-refractivity contribution >= 4 is 5.97 Å². The third-order valence-corrected chi connectivity index (χ3v) is 3.20. The third-order valence-electron chi connectivity index (χ3n) is 3.20. The van der Waals surface area contributed by atoms with Gasteiger partial charge in [-0.2, -0.15) is 0 Å². The Bertz CT molecular complexity index is 221. The summed E-state index contributed by atoms with van der Waals surface area (Å²) in [7, 11) is 0. The summed E-state index contributed by atoms with van der Waals surface area (Å²) in [6.45, 7) is 8.38. The van der Waals surface area contributed by atoms with Gasteiger partial charge in [0.2, 0.25) is 0 Å². The first kappa shape index (κ1) is 17.2. The molecule has 0 aromatic carbocycles. The molecule has 0 radical (unpaired) electrons. The average molecular weight is 254 g/mol. The van der Waals surface area contributed by atoms with E-state index in [2.05, 4.69) is 13.5 Å². The quantitative estimate of drug-likeness (QED) is 0.277. The summed E-state index contributed by atoms with van der Waals surface area (Å²) in [4.78, 5) is 11.3. The summed E-state index contributed by atoms with van der Waals surface area (Å²) < 4.78 is 5.12. The van der Waals surface area contributed by atoms with E-state index in [-0.39, 0.29) is 5.97 Å². The van der Waals surface area contributed by atoms with Crippen molar-refractivity contribution < 1.29 is 9.53 Å². The van der Waals surface area contributed by atoms with E-state index in [1.807, 2.05) is 6.92 Å². The Kier molecular flexibility index (Phi) is 12.1. The van der Waals surface area contributed by atoms with Crippen LogP contribution in [0.2, 0.25) is 0 Å². The fourth-order valence-electron chi connectivity index (χ4n) is 1.82. The van der Waals surface area contributed by atoms with Gasteiger partial charge in [-0.05, 0) is 12.8 Å². The standard InChI is InChI=1S/C16H30O2/c1-4-6-7-8-9-10-11-12-13-14-18-16(17)15(3)5-2/h3-14H2,1-2H3. The lowest BCUT2D eigenvalue weighted by atomic mass is 10.1. The van der Waals surface area contributed by atoms with E-state index in [1.54, 1.807) is 0 Å². The lowest BCUT2D eigenvalue weighted by molar-refractivity contribution is -0.139. The highest BCUT2D eigenvalue weighted by atomic mass is 16.5. The third kappa shape index (κ3) is 10.4.